The van der Waals surface area contributed by atoms with Crippen molar-refractivity contribution in [2.24, 2.45) is 23.2 Å². The molecule has 8 rings (SSSR count). The highest BCUT2D eigenvalue weighted by molar-refractivity contribution is 6.10. The second-order valence-electron chi connectivity index (χ2n) is 19.1. The van der Waals surface area contributed by atoms with E-state index in [1.807, 2.05) is 54.6 Å². The molecule has 326 valence electrons. The number of hydrogen-bond donors (Lipinski definition) is 2. The molecular weight excluding hydrogens is 776 g/mol. The number of rotatable bonds is 8. The van der Waals surface area contributed by atoms with E-state index in [1.54, 1.807) is 11.0 Å². The Morgan fingerprint density at radius 1 is 0.934 bits per heavy atom. The summed E-state index contributed by atoms with van der Waals surface area (Å²) in [7, 11) is 0. The number of carbonyl (C=O) groups is 2. The minimum Gasteiger partial charge on any atom is -0.446 e. The van der Waals surface area contributed by atoms with Gasteiger partial charge in [-0.2, -0.15) is 13.2 Å². The second-order valence-corrected chi connectivity index (χ2v) is 19.1. The van der Waals surface area contributed by atoms with Crippen LogP contribution in [0.25, 0.3) is 10.8 Å². The zero-order chi connectivity index (χ0) is 43.7. The Hall–Kier alpha value is -4.47. The Morgan fingerprint density at radius 3 is 2.46 bits per heavy atom. The quantitative estimate of drug-likeness (QED) is 0.136. The summed E-state index contributed by atoms with van der Waals surface area (Å²) in [4.78, 5) is 31.0. The van der Waals surface area contributed by atoms with Gasteiger partial charge in [0.15, 0.2) is 5.78 Å². The Labute approximate surface area is 359 Å². The fourth-order valence-corrected chi connectivity index (χ4v) is 10.8. The first-order valence-corrected chi connectivity index (χ1v) is 22.3. The van der Waals surface area contributed by atoms with E-state index in [4.69, 9.17) is 4.74 Å². The Morgan fingerprint density at radius 2 is 1.69 bits per heavy atom. The second kappa shape index (κ2) is 18.1. The third kappa shape index (κ3) is 9.63. The molecule has 7 atom stereocenters. The van der Waals surface area contributed by atoms with E-state index in [0.29, 0.717) is 61.5 Å². The number of amides is 1. The summed E-state index contributed by atoms with van der Waals surface area (Å²) >= 11 is 0. The zero-order valence-corrected chi connectivity index (χ0v) is 36.3. The summed E-state index contributed by atoms with van der Waals surface area (Å²) in [6.45, 7) is 10.9. The molecule has 4 aromatic carbocycles. The molecule has 1 amide bonds. The lowest BCUT2D eigenvalue weighted by Crippen LogP contribution is -2.54. The van der Waals surface area contributed by atoms with Crippen LogP contribution in [0.4, 0.5) is 18.0 Å². The number of carbonyl (C=O) groups excluding carboxylic acids is 2. The predicted octanol–water partition coefficient (Wildman–Crippen LogP) is 12.2. The van der Waals surface area contributed by atoms with Crippen LogP contribution < -0.4 is 0 Å². The van der Waals surface area contributed by atoms with Crippen molar-refractivity contribution in [1.29, 1.82) is 0 Å². The van der Waals surface area contributed by atoms with E-state index in [9.17, 15) is 33.0 Å². The number of nitrogens with zero attached hydrogens (tertiary/aromatic N) is 1. The maximum Gasteiger partial charge on any atom is 0.416 e. The van der Waals surface area contributed by atoms with Crippen molar-refractivity contribution in [2.45, 2.75) is 135 Å². The van der Waals surface area contributed by atoms with Gasteiger partial charge in [0, 0.05) is 23.1 Å². The normalized spacial score (nSPS) is 27.3. The Bertz CT molecular complexity index is 2240. The maximum absolute atomic E-state index is 14.8. The topological polar surface area (TPSA) is 87.1 Å². The Balaban J connectivity index is 1.31. The van der Waals surface area contributed by atoms with Crippen LogP contribution in [0.5, 0.6) is 0 Å². The first-order chi connectivity index (χ1) is 29.0. The van der Waals surface area contributed by atoms with Crippen LogP contribution in [0.15, 0.2) is 96.6 Å². The van der Waals surface area contributed by atoms with Gasteiger partial charge in [-0.25, -0.2) is 4.79 Å². The average Bonchev–Trinajstić information content (AvgIpc) is 3.47. The van der Waals surface area contributed by atoms with Crippen molar-refractivity contribution in [2.75, 3.05) is 6.54 Å². The van der Waals surface area contributed by atoms with E-state index in [-0.39, 0.29) is 42.7 Å². The lowest BCUT2D eigenvalue weighted by molar-refractivity contribution is -0.137. The van der Waals surface area contributed by atoms with Gasteiger partial charge < -0.3 is 19.8 Å². The van der Waals surface area contributed by atoms with Gasteiger partial charge in [0.25, 0.3) is 0 Å². The number of fused-ring (bicyclic) bond motifs is 9. The molecule has 0 aromatic heterocycles. The Kier molecular flexibility index (Phi) is 13.2. The van der Waals surface area contributed by atoms with Crippen molar-refractivity contribution >= 4 is 22.6 Å². The average molecular weight is 838 g/mol. The minimum absolute atomic E-state index is 0.0133. The molecule has 0 saturated heterocycles. The number of halogens is 3. The third-order valence-corrected chi connectivity index (χ3v) is 14.5. The fourth-order valence-electron chi connectivity index (χ4n) is 10.8. The summed E-state index contributed by atoms with van der Waals surface area (Å²) in [6, 6.07) is 24.1. The fraction of sp³-hybridized carbons (Fsp3) is 0.500. The third-order valence-electron chi connectivity index (χ3n) is 14.5. The van der Waals surface area contributed by atoms with Crippen molar-refractivity contribution < 1.29 is 37.7 Å². The van der Waals surface area contributed by atoms with Crippen LogP contribution in [0.2, 0.25) is 0 Å². The number of ketones is 1. The number of hydrogen-bond acceptors (Lipinski definition) is 5. The molecule has 7 unspecified atom stereocenters. The molecule has 61 heavy (non-hydrogen) atoms. The van der Waals surface area contributed by atoms with Crippen LogP contribution in [-0.4, -0.2) is 51.3 Å². The molecule has 0 heterocycles. The predicted molar refractivity (Wildman–Crippen MR) is 234 cm³/mol. The monoisotopic (exact) mass is 837 g/mol. The van der Waals surface area contributed by atoms with Gasteiger partial charge in [0.2, 0.25) is 0 Å². The molecule has 4 aliphatic carbocycles. The highest BCUT2D eigenvalue weighted by Gasteiger charge is 2.58. The number of alkyl halides is 3. The number of benzene rings is 4. The maximum atomic E-state index is 14.8. The van der Waals surface area contributed by atoms with Crippen molar-refractivity contribution in [3.8, 4) is 0 Å². The smallest absolute Gasteiger partial charge is 0.416 e. The summed E-state index contributed by atoms with van der Waals surface area (Å²) < 4.78 is 48.3. The zero-order valence-electron chi connectivity index (χ0n) is 36.3. The lowest BCUT2D eigenvalue weighted by Gasteiger charge is -2.46. The van der Waals surface area contributed by atoms with Crippen molar-refractivity contribution in [3.05, 3.63) is 130 Å². The highest BCUT2D eigenvalue weighted by atomic mass is 19.4. The molecule has 4 aromatic rings. The van der Waals surface area contributed by atoms with Gasteiger partial charge in [0.1, 0.15) is 6.10 Å². The van der Waals surface area contributed by atoms with Gasteiger partial charge in [-0.1, -0.05) is 112 Å². The van der Waals surface area contributed by atoms with Gasteiger partial charge in [0.05, 0.1) is 23.8 Å². The molecule has 0 aliphatic heterocycles. The van der Waals surface area contributed by atoms with E-state index < -0.39 is 46.7 Å². The SMILES string of the molecule is CC1=CCCC2(C)C(CCC2(O)CN(Cc2cccc3ccccc23)C(=O)OC2CC(C)CCC2C(C)C)c2ccc(cc2C(=O)c2cccc(C(F)(F)F)c2)CC(O)CC1. The van der Waals surface area contributed by atoms with Gasteiger partial charge in [-0.05, 0) is 134 Å². The highest BCUT2D eigenvalue weighted by Crippen LogP contribution is 2.59. The molecule has 6 nitrogen and oxygen atoms in total. The standard InChI is InChI=1S/C52H62F3NO5/c1-33(2)42-22-19-35(4)27-47(42)61-49(59)56(31-39-15-8-13-37-12-6-7-17-43(37)39)32-51(60)26-24-46-44-23-20-36(28-41(57)21-18-34(3)11-10-25-50(46,51)5)29-45(44)48(58)38-14-9-16-40(30-38)52(53,54)55/h6-9,11-17,20,23,29-30,33,35,41-42,46-47,57,60H,10,18-19,21-22,24-28,31-32H2,1-5H3. The van der Waals surface area contributed by atoms with Crippen LogP contribution >= 0.6 is 0 Å². The van der Waals surface area contributed by atoms with Crippen LogP contribution in [0, 0.1) is 23.2 Å². The lowest BCUT2D eigenvalue weighted by atomic mass is 9.64. The molecule has 4 aliphatic rings. The number of ether oxygens (including phenoxy) is 1. The molecule has 2 saturated carbocycles. The molecule has 2 N–H and O–H groups in total. The van der Waals surface area contributed by atoms with Crippen molar-refractivity contribution in [3.63, 3.8) is 0 Å². The summed E-state index contributed by atoms with van der Waals surface area (Å²) in [5, 5.41) is 26.5. The van der Waals surface area contributed by atoms with Crippen molar-refractivity contribution in [1.82, 2.24) is 4.90 Å². The van der Waals surface area contributed by atoms with Gasteiger partial charge in [-0.3, -0.25) is 4.79 Å². The molecule has 0 radical (unpaired) electrons. The largest absolute Gasteiger partial charge is 0.446 e. The molecule has 2 fully saturated rings. The number of allylic oxidation sites excluding steroid dienone is 2. The number of aliphatic hydroxyl groups is 2. The molecule has 2 bridgehead atoms. The van der Waals surface area contributed by atoms with E-state index in [1.165, 1.54) is 12.1 Å². The number of aliphatic hydroxyl groups excluding tert-OH is 1. The molecule has 9 heteroatoms. The van der Waals surface area contributed by atoms with E-state index in [0.717, 1.165) is 53.3 Å². The van der Waals surface area contributed by atoms with Gasteiger partial charge in [-0.15, -0.1) is 0 Å². The summed E-state index contributed by atoms with van der Waals surface area (Å²) in [5.74, 6) is 0.0434. The van der Waals surface area contributed by atoms with E-state index in [2.05, 4.69) is 40.7 Å². The molecular formula is C52H62F3NO5. The minimum atomic E-state index is -4.63. The van der Waals surface area contributed by atoms with Crippen LogP contribution in [0.1, 0.15) is 136 Å². The first kappa shape index (κ1) is 44.6. The molecule has 0 spiro atoms. The van der Waals surface area contributed by atoms with Crippen LogP contribution in [0.3, 0.4) is 0 Å². The van der Waals surface area contributed by atoms with Gasteiger partial charge >= 0.3 is 12.3 Å². The first-order valence-electron chi connectivity index (χ1n) is 22.3. The summed E-state index contributed by atoms with van der Waals surface area (Å²) in [6.07, 6.45) is 2.38. The van der Waals surface area contributed by atoms with E-state index >= 15 is 0 Å². The van der Waals surface area contributed by atoms with Crippen LogP contribution in [-0.2, 0) is 23.9 Å². The summed E-state index contributed by atoms with van der Waals surface area (Å²) in [5.41, 5.74) is 0.378.